The maximum Gasteiger partial charge on any atom is 0.280 e. The monoisotopic (exact) mass is 312 g/mol. The molecule has 1 fully saturated rings. The van der Waals surface area contributed by atoms with E-state index >= 15 is 0 Å². The van der Waals surface area contributed by atoms with Crippen LogP contribution in [0.25, 0.3) is 11.3 Å². The Morgan fingerprint density at radius 2 is 2.27 bits per heavy atom. The van der Waals surface area contributed by atoms with Crippen molar-refractivity contribution in [2.75, 3.05) is 13.1 Å². The summed E-state index contributed by atoms with van der Waals surface area (Å²) < 4.78 is 0. The number of nitriles is 1. The van der Waals surface area contributed by atoms with Crippen molar-refractivity contribution >= 4 is 17.2 Å². The highest BCUT2D eigenvalue weighted by Gasteiger charge is 2.24. The molecule has 0 radical (unpaired) electrons. The van der Waals surface area contributed by atoms with Gasteiger partial charge in [0, 0.05) is 24.0 Å². The number of amides is 1. The number of thiazole rings is 1. The van der Waals surface area contributed by atoms with Crippen LogP contribution >= 0.6 is 11.3 Å². The summed E-state index contributed by atoms with van der Waals surface area (Å²) in [5.74, 6) is -0.169. The van der Waals surface area contributed by atoms with Crippen molar-refractivity contribution < 1.29 is 4.79 Å². The molecule has 1 N–H and O–H groups in total. The first-order chi connectivity index (χ1) is 10.8. The highest BCUT2D eigenvalue weighted by atomic mass is 32.1. The highest BCUT2D eigenvalue weighted by Crippen LogP contribution is 2.21. The second kappa shape index (κ2) is 6.58. The Kier molecular flexibility index (Phi) is 4.35. The van der Waals surface area contributed by atoms with Gasteiger partial charge in [0.2, 0.25) is 0 Å². The van der Waals surface area contributed by atoms with Crippen LogP contribution < -0.4 is 5.32 Å². The lowest BCUT2D eigenvalue weighted by molar-refractivity contribution is 0.0945. The second-order valence-electron chi connectivity index (χ2n) is 5.20. The van der Waals surface area contributed by atoms with Gasteiger partial charge in [-0.3, -0.25) is 4.79 Å². The van der Waals surface area contributed by atoms with Crippen LogP contribution in [0.4, 0.5) is 0 Å². The van der Waals surface area contributed by atoms with Crippen LogP contribution in [-0.2, 0) is 0 Å². The summed E-state index contributed by atoms with van der Waals surface area (Å²) in [6.07, 6.45) is 4.12. The summed E-state index contributed by atoms with van der Waals surface area (Å²) in [6, 6.07) is 9.91. The fraction of sp³-hybridized carbons (Fsp3) is 0.312. The number of rotatable bonds is 4. The zero-order valence-electron chi connectivity index (χ0n) is 12.0. The lowest BCUT2D eigenvalue weighted by Crippen LogP contribution is -2.37. The topological polar surface area (TPSA) is 69.0 Å². The lowest BCUT2D eigenvalue weighted by Gasteiger charge is -2.18. The summed E-state index contributed by atoms with van der Waals surface area (Å²) in [4.78, 5) is 18.3. The fourth-order valence-corrected chi connectivity index (χ4v) is 3.33. The number of nitrogens with zero attached hydrogens (tertiary/aromatic N) is 3. The highest BCUT2D eigenvalue weighted by molar-refractivity contribution is 7.12. The molecule has 0 bridgehead atoms. The lowest BCUT2D eigenvalue weighted by atomic mass is 10.2. The Morgan fingerprint density at radius 1 is 1.45 bits per heavy atom. The third-order valence-electron chi connectivity index (χ3n) is 3.77. The van der Waals surface area contributed by atoms with Crippen LogP contribution in [0.15, 0.2) is 35.7 Å². The molecule has 0 unspecified atom stereocenters. The molecule has 112 valence electrons. The van der Waals surface area contributed by atoms with Gasteiger partial charge in [-0.1, -0.05) is 30.3 Å². The summed E-state index contributed by atoms with van der Waals surface area (Å²) in [6.45, 7) is 1.28. The number of aromatic nitrogens is 1. The van der Waals surface area contributed by atoms with Crippen molar-refractivity contribution in [1.82, 2.24) is 15.2 Å². The maximum absolute atomic E-state index is 12.2. The van der Waals surface area contributed by atoms with Crippen molar-refractivity contribution in [3.8, 4) is 17.5 Å². The Balaban J connectivity index is 1.62. The third-order valence-corrected chi connectivity index (χ3v) is 4.61. The first-order valence-corrected chi connectivity index (χ1v) is 8.11. The zero-order valence-corrected chi connectivity index (χ0v) is 12.8. The number of carbonyl (C=O) groups is 1. The van der Waals surface area contributed by atoms with Crippen LogP contribution in [0.5, 0.6) is 0 Å². The van der Waals surface area contributed by atoms with Gasteiger partial charge in [-0.25, -0.2) is 4.98 Å². The average molecular weight is 312 g/mol. The van der Waals surface area contributed by atoms with E-state index in [0.29, 0.717) is 11.6 Å². The van der Waals surface area contributed by atoms with Gasteiger partial charge in [-0.2, -0.15) is 5.26 Å². The van der Waals surface area contributed by atoms with E-state index in [0.717, 1.165) is 30.6 Å². The first kappa shape index (κ1) is 14.5. The molecule has 0 aliphatic carbocycles. The number of likely N-dealkylation sites (tertiary alicyclic amines) is 1. The molecule has 2 heterocycles. The first-order valence-electron chi connectivity index (χ1n) is 7.23. The van der Waals surface area contributed by atoms with Gasteiger partial charge in [0.1, 0.15) is 0 Å². The Morgan fingerprint density at radius 3 is 3.05 bits per heavy atom. The summed E-state index contributed by atoms with van der Waals surface area (Å²) in [5.41, 5.74) is 1.82. The van der Waals surface area contributed by atoms with Gasteiger partial charge in [-0.05, 0) is 12.8 Å². The minimum absolute atomic E-state index is 0.113. The molecule has 2 aromatic rings. The van der Waals surface area contributed by atoms with E-state index in [1.807, 2.05) is 35.7 Å². The van der Waals surface area contributed by atoms with Gasteiger partial charge in [0.05, 0.1) is 11.7 Å². The van der Waals surface area contributed by atoms with E-state index in [9.17, 15) is 4.79 Å². The molecule has 1 aromatic carbocycles. The number of carbonyl (C=O) groups excluding carboxylic acids is 1. The standard InChI is InChI=1S/C16H16N4OS/c17-11-20-8-4-7-13(20)9-18-15(21)16-19-14(10-22-16)12-5-2-1-3-6-12/h1-3,5-6,10,13H,4,7-9H2,(H,18,21)/t13-/m1/s1. The maximum atomic E-state index is 12.2. The normalized spacial score (nSPS) is 17.2. The molecule has 5 nitrogen and oxygen atoms in total. The Labute approximate surface area is 133 Å². The molecule has 1 atom stereocenters. The number of hydrogen-bond donors (Lipinski definition) is 1. The molecule has 1 saturated heterocycles. The molecule has 1 aromatic heterocycles. The predicted molar refractivity (Wildman–Crippen MR) is 85.2 cm³/mol. The van der Waals surface area contributed by atoms with Crippen molar-refractivity contribution in [2.24, 2.45) is 0 Å². The van der Waals surface area contributed by atoms with Gasteiger partial charge >= 0.3 is 0 Å². The van der Waals surface area contributed by atoms with Gasteiger partial charge in [-0.15, -0.1) is 11.3 Å². The summed E-state index contributed by atoms with van der Waals surface area (Å²) in [7, 11) is 0. The smallest absolute Gasteiger partial charge is 0.280 e. The van der Waals surface area contributed by atoms with Crippen LogP contribution in [-0.4, -0.2) is 34.9 Å². The molecule has 22 heavy (non-hydrogen) atoms. The quantitative estimate of drug-likeness (QED) is 0.881. The molecule has 1 aliphatic rings. The molecular formula is C16H16N4OS. The van der Waals surface area contributed by atoms with Crippen LogP contribution in [0, 0.1) is 11.5 Å². The molecule has 1 amide bonds. The van der Waals surface area contributed by atoms with Crippen molar-refractivity contribution in [2.45, 2.75) is 18.9 Å². The SMILES string of the molecule is N#CN1CCC[C@@H]1CNC(=O)c1nc(-c2ccccc2)cs1. The van der Waals surface area contributed by atoms with Crippen molar-refractivity contribution in [3.05, 3.63) is 40.7 Å². The van der Waals surface area contributed by atoms with Gasteiger partial charge in [0.15, 0.2) is 11.2 Å². The fourth-order valence-electron chi connectivity index (χ4n) is 2.59. The molecular weight excluding hydrogens is 296 g/mol. The molecule has 0 spiro atoms. The van der Waals surface area contributed by atoms with Crippen molar-refractivity contribution in [3.63, 3.8) is 0 Å². The minimum Gasteiger partial charge on any atom is -0.348 e. The van der Waals surface area contributed by atoms with Crippen LogP contribution in [0.2, 0.25) is 0 Å². The number of nitrogens with one attached hydrogen (secondary N) is 1. The average Bonchev–Trinajstić information content (AvgIpc) is 3.22. The van der Waals surface area contributed by atoms with E-state index < -0.39 is 0 Å². The number of benzene rings is 1. The molecule has 6 heteroatoms. The van der Waals surface area contributed by atoms with E-state index in [1.54, 1.807) is 4.90 Å². The van der Waals surface area contributed by atoms with Crippen LogP contribution in [0.1, 0.15) is 22.6 Å². The van der Waals surface area contributed by atoms with Crippen LogP contribution in [0.3, 0.4) is 0 Å². The van der Waals surface area contributed by atoms with Gasteiger partial charge in [0.25, 0.3) is 5.91 Å². The number of hydrogen-bond acceptors (Lipinski definition) is 5. The van der Waals surface area contributed by atoms with E-state index in [-0.39, 0.29) is 11.9 Å². The minimum atomic E-state index is -0.169. The molecule has 3 rings (SSSR count). The molecule has 1 aliphatic heterocycles. The Hall–Kier alpha value is -2.39. The largest absolute Gasteiger partial charge is 0.348 e. The van der Waals surface area contributed by atoms with E-state index in [4.69, 9.17) is 5.26 Å². The summed E-state index contributed by atoms with van der Waals surface area (Å²) in [5, 5.41) is 14.2. The third kappa shape index (κ3) is 3.10. The predicted octanol–water partition coefficient (Wildman–Crippen LogP) is 2.49. The second-order valence-corrected chi connectivity index (χ2v) is 6.06. The summed E-state index contributed by atoms with van der Waals surface area (Å²) >= 11 is 1.34. The van der Waals surface area contributed by atoms with E-state index in [1.165, 1.54) is 11.3 Å². The molecule has 0 saturated carbocycles. The van der Waals surface area contributed by atoms with Gasteiger partial charge < -0.3 is 10.2 Å². The zero-order chi connectivity index (χ0) is 15.4. The van der Waals surface area contributed by atoms with E-state index in [2.05, 4.69) is 16.5 Å². The Bertz CT molecular complexity index is 692. The van der Waals surface area contributed by atoms with Crippen molar-refractivity contribution in [1.29, 1.82) is 5.26 Å².